The highest BCUT2D eigenvalue weighted by molar-refractivity contribution is 5.41. The van der Waals surface area contributed by atoms with E-state index >= 15 is 0 Å². The number of fused-ring (bicyclic) bond motifs is 1. The summed E-state index contributed by atoms with van der Waals surface area (Å²) in [4.78, 5) is 0. The van der Waals surface area contributed by atoms with Gasteiger partial charge in [-0.1, -0.05) is 42.5 Å². The summed E-state index contributed by atoms with van der Waals surface area (Å²) in [7, 11) is 0. The predicted molar refractivity (Wildman–Crippen MR) is 80.1 cm³/mol. The van der Waals surface area contributed by atoms with Crippen LogP contribution >= 0.6 is 0 Å². The van der Waals surface area contributed by atoms with Crippen molar-refractivity contribution >= 4 is 0 Å². The lowest BCUT2D eigenvalue weighted by Gasteiger charge is -2.32. The standard InChI is InChI=1S/C18H20O2/c1-2-20-18-10-6-5-9-16(18)17(19)12-14-11-13-7-3-4-8-15(13)14/h3-10,14,17,19H,2,11-12H2,1H3. The van der Waals surface area contributed by atoms with Gasteiger partial charge in [0.1, 0.15) is 5.75 Å². The lowest BCUT2D eigenvalue weighted by Crippen LogP contribution is -2.19. The van der Waals surface area contributed by atoms with Crippen molar-refractivity contribution < 1.29 is 9.84 Å². The first-order valence-electron chi connectivity index (χ1n) is 7.27. The fourth-order valence-electron chi connectivity index (χ4n) is 3.01. The minimum atomic E-state index is -0.462. The van der Waals surface area contributed by atoms with Crippen LogP contribution in [0.4, 0.5) is 0 Å². The molecule has 0 aliphatic heterocycles. The SMILES string of the molecule is CCOc1ccccc1C(O)CC1Cc2ccccc21. The third kappa shape index (κ3) is 2.44. The Morgan fingerprint density at radius 1 is 1.15 bits per heavy atom. The molecule has 2 heteroatoms. The zero-order chi connectivity index (χ0) is 13.9. The lowest BCUT2D eigenvalue weighted by atomic mass is 9.74. The molecule has 0 saturated heterocycles. The number of hydrogen-bond acceptors (Lipinski definition) is 2. The van der Waals surface area contributed by atoms with Crippen LogP contribution in [0.1, 0.15) is 42.1 Å². The Morgan fingerprint density at radius 3 is 2.70 bits per heavy atom. The van der Waals surface area contributed by atoms with Gasteiger partial charge in [0, 0.05) is 5.56 Å². The molecule has 0 radical (unpaired) electrons. The molecule has 0 bridgehead atoms. The van der Waals surface area contributed by atoms with E-state index in [1.807, 2.05) is 31.2 Å². The van der Waals surface area contributed by atoms with Gasteiger partial charge in [-0.05, 0) is 42.9 Å². The number of rotatable bonds is 5. The maximum atomic E-state index is 10.5. The average Bonchev–Trinajstić information content (AvgIpc) is 2.45. The van der Waals surface area contributed by atoms with Crippen molar-refractivity contribution in [1.82, 2.24) is 0 Å². The molecule has 2 aromatic rings. The molecule has 2 unspecified atom stereocenters. The molecular weight excluding hydrogens is 248 g/mol. The second kappa shape index (κ2) is 5.68. The minimum absolute atomic E-state index is 0.462. The molecule has 104 valence electrons. The topological polar surface area (TPSA) is 29.5 Å². The Hall–Kier alpha value is -1.80. The number of para-hydroxylation sites is 1. The van der Waals surface area contributed by atoms with Gasteiger partial charge in [0.2, 0.25) is 0 Å². The lowest BCUT2D eigenvalue weighted by molar-refractivity contribution is 0.148. The van der Waals surface area contributed by atoms with E-state index in [1.165, 1.54) is 11.1 Å². The van der Waals surface area contributed by atoms with E-state index < -0.39 is 6.10 Å². The summed E-state index contributed by atoms with van der Waals surface area (Å²) in [6.07, 6.45) is 1.38. The molecule has 0 fully saturated rings. The van der Waals surface area contributed by atoms with Gasteiger partial charge in [-0.15, -0.1) is 0 Å². The fourth-order valence-corrected chi connectivity index (χ4v) is 3.01. The van der Waals surface area contributed by atoms with E-state index in [4.69, 9.17) is 4.74 Å². The van der Waals surface area contributed by atoms with Gasteiger partial charge in [0.05, 0.1) is 12.7 Å². The van der Waals surface area contributed by atoms with Gasteiger partial charge >= 0.3 is 0 Å². The zero-order valence-electron chi connectivity index (χ0n) is 11.8. The normalized spacial score (nSPS) is 18.0. The molecule has 0 saturated carbocycles. The monoisotopic (exact) mass is 268 g/mol. The van der Waals surface area contributed by atoms with Crippen LogP contribution in [0.25, 0.3) is 0 Å². The first-order valence-corrected chi connectivity index (χ1v) is 7.27. The third-order valence-electron chi connectivity index (χ3n) is 4.05. The van der Waals surface area contributed by atoms with Crippen LogP contribution in [0.5, 0.6) is 5.75 Å². The van der Waals surface area contributed by atoms with Gasteiger partial charge in [0.15, 0.2) is 0 Å². The van der Waals surface area contributed by atoms with Crippen molar-refractivity contribution in [2.24, 2.45) is 0 Å². The van der Waals surface area contributed by atoms with Crippen LogP contribution in [-0.4, -0.2) is 11.7 Å². The molecule has 0 amide bonds. The smallest absolute Gasteiger partial charge is 0.125 e. The van der Waals surface area contributed by atoms with E-state index in [0.29, 0.717) is 12.5 Å². The van der Waals surface area contributed by atoms with Gasteiger partial charge in [-0.3, -0.25) is 0 Å². The quantitative estimate of drug-likeness (QED) is 0.892. The van der Waals surface area contributed by atoms with Crippen LogP contribution in [0, 0.1) is 0 Å². The highest BCUT2D eigenvalue weighted by atomic mass is 16.5. The summed E-state index contributed by atoms with van der Waals surface area (Å²) in [5.74, 6) is 1.27. The highest BCUT2D eigenvalue weighted by Crippen LogP contribution is 2.41. The summed E-state index contributed by atoms with van der Waals surface area (Å²) in [6.45, 7) is 2.58. The van der Waals surface area contributed by atoms with Gasteiger partial charge < -0.3 is 9.84 Å². The molecule has 1 N–H and O–H groups in total. The van der Waals surface area contributed by atoms with Crippen molar-refractivity contribution in [2.45, 2.75) is 31.8 Å². The molecular formula is C18H20O2. The van der Waals surface area contributed by atoms with E-state index in [0.717, 1.165) is 24.2 Å². The minimum Gasteiger partial charge on any atom is -0.493 e. The molecule has 20 heavy (non-hydrogen) atoms. The summed E-state index contributed by atoms with van der Waals surface area (Å²) in [5.41, 5.74) is 3.71. The molecule has 3 rings (SSSR count). The number of hydrogen-bond donors (Lipinski definition) is 1. The van der Waals surface area contributed by atoms with E-state index in [-0.39, 0.29) is 0 Å². The molecule has 1 aliphatic carbocycles. The molecule has 2 atom stereocenters. The number of aliphatic hydroxyl groups is 1. The third-order valence-corrected chi connectivity index (χ3v) is 4.05. The van der Waals surface area contributed by atoms with Crippen molar-refractivity contribution in [3.63, 3.8) is 0 Å². The Bertz CT molecular complexity index is 591. The van der Waals surface area contributed by atoms with Crippen LogP contribution in [0.15, 0.2) is 48.5 Å². The summed E-state index contributed by atoms with van der Waals surface area (Å²) >= 11 is 0. The second-order valence-electron chi connectivity index (χ2n) is 5.32. The molecule has 2 nitrogen and oxygen atoms in total. The number of aliphatic hydroxyl groups excluding tert-OH is 1. The maximum absolute atomic E-state index is 10.5. The van der Waals surface area contributed by atoms with Crippen molar-refractivity contribution in [3.8, 4) is 5.75 Å². The molecule has 1 aliphatic rings. The maximum Gasteiger partial charge on any atom is 0.125 e. The first kappa shape index (κ1) is 13.2. The van der Waals surface area contributed by atoms with Crippen molar-refractivity contribution in [3.05, 3.63) is 65.2 Å². The van der Waals surface area contributed by atoms with E-state index in [9.17, 15) is 5.11 Å². The van der Waals surface area contributed by atoms with E-state index in [1.54, 1.807) is 0 Å². The van der Waals surface area contributed by atoms with E-state index in [2.05, 4.69) is 24.3 Å². The average molecular weight is 268 g/mol. The Balaban J connectivity index is 1.73. The van der Waals surface area contributed by atoms with Gasteiger partial charge in [-0.25, -0.2) is 0 Å². The van der Waals surface area contributed by atoms with Gasteiger partial charge in [0.25, 0.3) is 0 Å². The second-order valence-corrected chi connectivity index (χ2v) is 5.32. The first-order chi connectivity index (χ1) is 9.79. The predicted octanol–water partition coefficient (Wildman–Crippen LogP) is 3.85. The van der Waals surface area contributed by atoms with Crippen molar-refractivity contribution in [1.29, 1.82) is 0 Å². The fraction of sp³-hybridized carbons (Fsp3) is 0.333. The largest absolute Gasteiger partial charge is 0.493 e. The molecule has 0 spiro atoms. The molecule has 0 heterocycles. The summed E-state index contributed by atoms with van der Waals surface area (Å²) < 4.78 is 5.60. The summed E-state index contributed by atoms with van der Waals surface area (Å²) in [6, 6.07) is 16.3. The Labute approximate surface area is 120 Å². The molecule has 2 aromatic carbocycles. The van der Waals surface area contributed by atoms with Crippen LogP contribution < -0.4 is 4.74 Å². The Morgan fingerprint density at radius 2 is 1.90 bits per heavy atom. The van der Waals surface area contributed by atoms with Crippen LogP contribution in [0.3, 0.4) is 0 Å². The van der Waals surface area contributed by atoms with Crippen LogP contribution in [0.2, 0.25) is 0 Å². The van der Waals surface area contributed by atoms with Crippen molar-refractivity contribution in [2.75, 3.05) is 6.61 Å². The van der Waals surface area contributed by atoms with Gasteiger partial charge in [-0.2, -0.15) is 0 Å². The molecule has 0 aromatic heterocycles. The highest BCUT2D eigenvalue weighted by Gasteiger charge is 2.28. The number of ether oxygens (including phenoxy) is 1. The summed E-state index contributed by atoms with van der Waals surface area (Å²) in [5, 5.41) is 10.5. The van der Waals surface area contributed by atoms with Crippen LogP contribution in [-0.2, 0) is 6.42 Å². The zero-order valence-corrected chi connectivity index (χ0v) is 11.8. The number of benzene rings is 2. The Kier molecular flexibility index (Phi) is 3.75.